The molecule has 0 heterocycles. The van der Waals surface area contributed by atoms with Gasteiger partial charge in [0.1, 0.15) is 0 Å². The molecule has 0 aromatic rings. The Labute approximate surface area is 60.8 Å². The van der Waals surface area contributed by atoms with Crippen LogP contribution in [-0.4, -0.2) is 13.2 Å². The van der Waals surface area contributed by atoms with E-state index in [-0.39, 0.29) is 6.10 Å². The van der Waals surface area contributed by atoms with E-state index in [9.17, 15) is 0 Å². The average Bonchev–Trinajstić information content (AvgIpc) is 2.05. The molecule has 0 saturated heterocycles. The predicted octanol–water partition coefficient (Wildman–Crippen LogP) is 0.960. The number of methoxy groups -OCH3 is 1. The summed E-state index contributed by atoms with van der Waals surface area (Å²) in [5, 5.41) is 0. The van der Waals surface area contributed by atoms with E-state index in [4.69, 9.17) is 10.6 Å². The minimum absolute atomic E-state index is 0.193. The summed E-state index contributed by atoms with van der Waals surface area (Å²) in [5.74, 6) is 6.07. The van der Waals surface area contributed by atoms with Gasteiger partial charge in [0.05, 0.1) is 19.0 Å². The molecule has 3 nitrogen and oxygen atoms in total. The van der Waals surface area contributed by atoms with Crippen molar-refractivity contribution in [2.24, 2.45) is 5.90 Å². The van der Waals surface area contributed by atoms with Gasteiger partial charge in [0.2, 0.25) is 0 Å². The number of allylic oxidation sites excluding steroid dienone is 1. The van der Waals surface area contributed by atoms with Crippen LogP contribution in [0.5, 0.6) is 0 Å². The molecule has 58 valence electrons. The molecular formula is C7H13NO2. The van der Waals surface area contributed by atoms with Crippen molar-refractivity contribution in [3.8, 4) is 0 Å². The molecule has 0 radical (unpaired) electrons. The summed E-state index contributed by atoms with van der Waals surface area (Å²) < 4.78 is 5.05. The molecule has 1 rings (SSSR count). The zero-order valence-electron chi connectivity index (χ0n) is 6.17. The lowest BCUT2D eigenvalue weighted by Gasteiger charge is -2.18. The Hall–Kier alpha value is -0.540. The maximum absolute atomic E-state index is 5.05. The van der Waals surface area contributed by atoms with E-state index in [0.29, 0.717) is 0 Å². The number of rotatable bonds is 2. The van der Waals surface area contributed by atoms with E-state index >= 15 is 0 Å². The lowest BCUT2D eigenvalue weighted by Crippen LogP contribution is -2.19. The van der Waals surface area contributed by atoms with Crippen molar-refractivity contribution in [1.82, 2.24) is 0 Å². The predicted molar refractivity (Wildman–Crippen MR) is 38.0 cm³/mol. The minimum atomic E-state index is 0.193. The van der Waals surface area contributed by atoms with Gasteiger partial charge in [-0.1, -0.05) is 0 Å². The summed E-state index contributed by atoms with van der Waals surface area (Å²) in [5.41, 5.74) is 0. The van der Waals surface area contributed by atoms with Crippen LogP contribution >= 0.6 is 0 Å². The highest BCUT2D eigenvalue weighted by molar-refractivity contribution is 4.99. The SMILES string of the molecule is COC1=CCC(ON)CC1. The van der Waals surface area contributed by atoms with Crippen LogP contribution in [0.15, 0.2) is 11.8 Å². The summed E-state index contributed by atoms with van der Waals surface area (Å²) in [6.07, 6.45) is 5.01. The molecule has 0 fully saturated rings. The molecule has 0 aromatic carbocycles. The molecule has 0 aliphatic heterocycles. The van der Waals surface area contributed by atoms with Crippen LogP contribution in [0.25, 0.3) is 0 Å². The van der Waals surface area contributed by atoms with Crippen molar-refractivity contribution < 1.29 is 9.57 Å². The first-order valence-electron chi connectivity index (χ1n) is 3.45. The van der Waals surface area contributed by atoms with Crippen molar-refractivity contribution in [2.45, 2.75) is 25.4 Å². The summed E-state index contributed by atoms with van der Waals surface area (Å²) in [7, 11) is 1.69. The Balaban J connectivity index is 2.36. The third-order valence-corrected chi connectivity index (χ3v) is 1.78. The maximum atomic E-state index is 5.05. The monoisotopic (exact) mass is 143 g/mol. The first-order valence-corrected chi connectivity index (χ1v) is 3.45. The summed E-state index contributed by atoms with van der Waals surface area (Å²) >= 11 is 0. The first kappa shape index (κ1) is 7.57. The minimum Gasteiger partial charge on any atom is -0.501 e. The molecule has 10 heavy (non-hydrogen) atoms. The normalized spacial score (nSPS) is 25.8. The molecule has 0 spiro atoms. The summed E-state index contributed by atoms with van der Waals surface area (Å²) in [4.78, 5) is 4.68. The van der Waals surface area contributed by atoms with Crippen LogP contribution in [0.3, 0.4) is 0 Å². The fraction of sp³-hybridized carbons (Fsp3) is 0.714. The van der Waals surface area contributed by atoms with Crippen LogP contribution in [0.2, 0.25) is 0 Å². The lowest BCUT2D eigenvalue weighted by molar-refractivity contribution is 0.0410. The van der Waals surface area contributed by atoms with E-state index in [1.54, 1.807) is 7.11 Å². The van der Waals surface area contributed by atoms with Crippen LogP contribution in [0.1, 0.15) is 19.3 Å². The van der Waals surface area contributed by atoms with Gasteiger partial charge in [0.25, 0.3) is 0 Å². The van der Waals surface area contributed by atoms with E-state index in [2.05, 4.69) is 4.84 Å². The highest BCUT2D eigenvalue weighted by atomic mass is 16.6. The Kier molecular flexibility index (Phi) is 2.71. The summed E-state index contributed by atoms with van der Waals surface area (Å²) in [6.45, 7) is 0. The molecule has 1 aliphatic carbocycles. The molecule has 0 saturated carbocycles. The Morgan fingerprint density at radius 3 is 2.90 bits per heavy atom. The number of ether oxygens (including phenoxy) is 1. The number of nitrogens with two attached hydrogens (primary N) is 1. The molecule has 0 bridgehead atoms. The fourth-order valence-electron chi connectivity index (χ4n) is 1.10. The second kappa shape index (κ2) is 3.58. The highest BCUT2D eigenvalue weighted by Gasteiger charge is 2.13. The van der Waals surface area contributed by atoms with Gasteiger partial charge in [-0.25, -0.2) is 5.90 Å². The molecule has 1 aliphatic rings. The molecule has 1 atom stereocenters. The molecule has 0 aromatic heterocycles. The van der Waals surface area contributed by atoms with Crippen molar-refractivity contribution >= 4 is 0 Å². The van der Waals surface area contributed by atoms with Gasteiger partial charge in [-0.2, -0.15) is 0 Å². The van der Waals surface area contributed by atoms with Gasteiger partial charge < -0.3 is 9.57 Å². The van der Waals surface area contributed by atoms with Crippen LogP contribution in [-0.2, 0) is 9.57 Å². The largest absolute Gasteiger partial charge is 0.501 e. The average molecular weight is 143 g/mol. The van der Waals surface area contributed by atoms with E-state index in [0.717, 1.165) is 25.0 Å². The molecule has 2 N–H and O–H groups in total. The fourth-order valence-corrected chi connectivity index (χ4v) is 1.10. The number of hydrogen-bond donors (Lipinski definition) is 1. The van der Waals surface area contributed by atoms with E-state index in [1.165, 1.54) is 0 Å². The van der Waals surface area contributed by atoms with Gasteiger partial charge in [0, 0.05) is 6.42 Å². The molecule has 3 heteroatoms. The van der Waals surface area contributed by atoms with Gasteiger partial charge in [-0.3, -0.25) is 0 Å². The standard InChI is InChI=1S/C7H13NO2/c1-9-6-2-4-7(10-8)5-3-6/h2,7H,3-5,8H2,1H3. The third kappa shape index (κ3) is 1.72. The van der Waals surface area contributed by atoms with Crippen molar-refractivity contribution in [2.75, 3.05) is 7.11 Å². The van der Waals surface area contributed by atoms with Gasteiger partial charge in [-0.05, 0) is 18.9 Å². The molecule has 1 unspecified atom stereocenters. The van der Waals surface area contributed by atoms with Crippen LogP contribution < -0.4 is 5.90 Å². The lowest BCUT2D eigenvalue weighted by atomic mass is 10.0. The van der Waals surface area contributed by atoms with E-state index < -0.39 is 0 Å². The van der Waals surface area contributed by atoms with Crippen molar-refractivity contribution in [1.29, 1.82) is 0 Å². The second-order valence-electron chi connectivity index (χ2n) is 2.41. The maximum Gasteiger partial charge on any atom is 0.0917 e. The number of hydrogen-bond acceptors (Lipinski definition) is 3. The zero-order chi connectivity index (χ0) is 7.40. The van der Waals surface area contributed by atoms with Gasteiger partial charge >= 0.3 is 0 Å². The zero-order valence-corrected chi connectivity index (χ0v) is 6.17. The van der Waals surface area contributed by atoms with Crippen molar-refractivity contribution in [3.05, 3.63) is 11.8 Å². The first-order chi connectivity index (χ1) is 4.86. The topological polar surface area (TPSA) is 44.5 Å². The van der Waals surface area contributed by atoms with Crippen LogP contribution in [0, 0.1) is 0 Å². The molecule has 0 amide bonds. The smallest absolute Gasteiger partial charge is 0.0917 e. The van der Waals surface area contributed by atoms with Gasteiger partial charge in [-0.15, -0.1) is 0 Å². The third-order valence-electron chi connectivity index (χ3n) is 1.78. The van der Waals surface area contributed by atoms with Crippen molar-refractivity contribution in [3.63, 3.8) is 0 Å². The Morgan fingerprint density at radius 2 is 2.50 bits per heavy atom. The quantitative estimate of drug-likeness (QED) is 0.585. The van der Waals surface area contributed by atoms with Gasteiger partial charge in [0.15, 0.2) is 0 Å². The summed E-state index contributed by atoms with van der Waals surface area (Å²) in [6, 6.07) is 0. The highest BCUT2D eigenvalue weighted by Crippen LogP contribution is 2.19. The van der Waals surface area contributed by atoms with Crippen LogP contribution in [0.4, 0.5) is 0 Å². The Bertz CT molecular complexity index is 134. The molecular weight excluding hydrogens is 130 g/mol. The Morgan fingerprint density at radius 1 is 1.70 bits per heavy atom. The van der Waals surface area contributed by atoms with E-state index in [1.807, 2.05) is 6.08 Å². The second-order valence-corrected chi connectivity index (χ2v) is 2.41.